The van der Waals surface area contributed by atoms with Crippen LogP contribution in [-0.2, 0) is 25.4 Å². The molecule has 1 aromatic carbocycles. The monoisotopic (exact) mass is 381 g/mol. The number of carbonyl (C=O) groups excluding carboxylic acids is 1. The summed E-state index contributed by atoms with van der Waals surface area (Å²) in [4.78, 5) is 43.0. The molecule has 146 valence electrons. The van der Waals surface area contributed by atoms with Crippen LogP contribution in [0.1, 0.15) is 12.8 Å². The molecule has 0 radical (unpaired) electrons. The molecule has 2 aromatic heterocycles. The summed E-state index contributed by atoms with van der Waals surface area (Å²) in [6, 6.07) is 9.44. The summed E-state index contributed by atoms with van der Waals surface area (Å²) in [5.74, 6) is -0.0178. The second-order valence-corrected chi connectivity index (χ2v) is 6.55. The molecule has 28 heavy (non-hydrogen) atoms. The van der Waals surface area contributed by atoms with Crippen LogP contribution in [0.5, 0.6) is 0 Å². The van der Waals surface area contributed by atoms with E-state index in [9.17, 15) is 14.4 Å². The molecule has 0 atom stereocenters. The van der Waals surface area contributed by atoms with Gasteiger partial charge in [0, 0.05) is 39.3 Å². The Kier molecular flexibility index (Phi) is 5.58. The first kappa shape index (κ1) is 19.3. The van der Waals surface area contributed by atoms with Gasteiger partial charge in [-0.05, 0) is 18.6 Å². The minimum atomic E-state index is -0.416. The molecule has 0 aliphatic heterocycles. The highest BCUT2D eigenvalue weighted by atomic mass is 16.2. The van der Waals surface area contributed by atoms with Crippen LogP contribution in [0.2, 0.25) is 0 Å². The predicted octanol–water partition coefficient (Wildman–Crippen LogP) is 1.43. The van der Waals surface area contributed by atoms with Crippen molar-refractivity contribution in [3.63, 3.8) is 0 Å². The molecule has 1 amide bonds. The minimum Gasteiger partial charge on any atom is -0.325 e. The van der Waals surface area contributed by atoms with E-state index in [1.54, 1.807) is 22.6 Å². The lowest BCUT2D eigenvalue weighted by Gasteiger charge is -2.21. The van der Waals surface area contributed by atoms with Gasteiger partial charge in [-0.25, -0.2) is 9.78 Å². The zero-order valence-corrected chi connectivity index (χ0v) is 16.0. The van der Waals surface area contributed by atoms with E-state index in [1.807, 2.05) is 30.3 Å². The lowest BCUT2D eigenvalue weighted by atomic mass is 10.2. The number of aromatic nitrogens is 4. The van der Waals surface area contributed by atoms with Crippen molar-refractivity contribution in [1.82, 2.24) is 18.7 Å². The Balaban J connectivity index is 1.76. The molecule has 3 aromatic rings. The van der Waals surface area contributed by atoms with Crippen molar-refractivity contribution in [3.8, 4) is 0 Å². The third kappa shape index (κ3) is 3.53. The number of imidazole rings is 1. The van der Waals surface area contributed by atoms with Crippen molar-refractivity contribution >= 4 is 22.8 Å². The van der Waals surface area contributed by atoms with Crippen molar-refractivity contribution < 1.29 is 4.79 Å². The van der Waals surface area contributed by atoms with Crippen LogP contribution in [0.25, 0.3) is 11.2 Å². The first-order valence-corrected chi connectivity index (χ1v) is 9.03. The number of hydrogen-bond acceptors (Lipinski definition) is 4. The molecule has 2 heterocycles. The average Bonchev–Trinajstić information content (AvgIpc) is 3.13. The van der Waals surface area contributed by atoms with Gasteiger partial charge in [-0.1, -0.05) is 24.3 Å². The van der Waals surface area contributed by atoms with E-state index in [-0.39, 0.29) is 11.5 Å². The quantitative estimate of drug-likeness (QED) is 0.580. The fourth-order valence-electron chi connectivity index (χ4n) is 3.19. The van der Waals surface area contributed by atoms with Gasteiger partial charge in [0.15, 0.2) is 11.2 Å². The number of hydrogen-bond donors (Lipinski definition) is 0. The average molecular weight is 381 g/mol. The smallest absolute Gasteiger partial charge is 0.325 e. The number of para-hydroxylation sites is 1. The van der Waals surface area contributed by atoms with Crippen molar-refractivity contribution in [2.45, 2.75) is 19.4 Å². The second kappa shape index (κ2) is 8.08. The van der Waals surface area contributed by atoms with E-state index in [0.717, 1.165) is 10.3 Å². The Hall–Kier alpha value is -3.42. The molecule has 0 unspecified atom stereocenters. The fraction of sp³-hybridized carbons (Fsp3) is 0.300. The van der Waals surface area contributed by atoms with Gasteiger partial charge in [0.25, 0.3) is 5.56 Å². The molecule has 8 nitrogen and oxygen atoms in total. The molecule has 0 bridgehead atoms. The number of anilines is 1. The lowest BCUT2D eigenvalue weighted by molar-refractivity contribution is -0.118. The number of aryl methyl sites for hydroxylation is 2. The van der Waals surface area contributed by atoms with E-state index in [2.05, 4.69) is 11.6 Å². The largest absolute Gasteiger partial charge is 0.332 e. The molecule has 0 fully saturated rings. The summed E-state index contributed by atoms with van der Waals surface area (Å²) in [7, 11) is 3.02. The molecule has 0 spiro atoms. The summed E-state index contributed by atoms with van der Waals surface area (Å²) >= 11 is 0. The van der Waals surface area contributed by atoms with E-state index in [4.69, 9.17) is 0 Å². The molecule has 0 saturated carbocycles. The van der Waals surface area contributed by atoms with Gasteiger partial charge in [0.05, 0.1) is 6.33 Å². The standard InChI is InChI=1S/C20H23N5O3/c1-4-12-25(15-9-6-5-7-10-15)16(26)11-8-13-24-14-21-18-17(24)19(27)23(3)20(28)22(18)2/h4-7,9-10,14H,1,8,11-13H2,2-3H3. The molecular weight excluding hydrogens is 358 g/mol. The highest BCUT2D eigenvalue weighted by Gasteiger charge is 2.16. The highest BCUT2D eigenvalue weighted by molar-refractivity contribution is 5.93. The number of amides is 1. The Morgan fingerprint density at radius 2 is 1.89 bits per heavy atom. The van der Waals surface area contributed by atoms with Gasteiger partial charge in [-0.15, -0.1) is 6.58 Å². The molecule has 3 rings (SSSR count). The molecule has 0 N–H and O–H groups in total. The van der Waals surface area contributed by atoms with Crippen LogP contribution in [0, 0.1) is 0 Å². The lowest BCUT2D eigenvalue weighted by Crippen LogP contribution is -2.37. The van der Waals surface area contributed by atoms with Crippen LogP contribution < -0.4 is 16.1 Å². The van der Waals surface area contributed by atoms with Gasteiger partial charge < -0.3 is 9.47 Å². The van der Waals surface area contributed by atoms with Crippen molar-refractivity contribution in [1.29, 1.82) is 0 Å². The summed E-state index contributed by atoms with van der Waals surface area (Å²) in [6.07, 6.45) is 4.08. The maximum absolute atomic E-state index is 12.7. The summed E-state index contributed by atoms with van der Waals surface area (Å²) in [5, 5.41) is 0. The molecule has 8 heteroatoms. The van der Waals surface area contributed by atoms with E-state index >= 15 is 0 Å². The minimum absolute atomic E-state index is 0.0178. The fourth-order valence-corrected chi connectivity index (χ4v) is 3.19. The van der Waals surface area contributed by atoms with Gasteiger partial charge in [0.2, 0.25) is 5.91 Å². The Morgan fingerprint density at radius 3 is 2.57 bits per heavy atom. The topological polar surface area (TPSA) is 82.1 Å². The van der Waals surface area contributed by atoms with Crippen LogP contribution in [0.15, 0.2) is 58.9 Å². The zero-order valence-electron chi connectivity index (χ0n) is 16.0. The summed E-state index contributed by atoms with van der Waals surface area (Å²) in [6.45, 7) is 4.61. The number of benzene rings is 1. The Labute approximate surface area is 162 Å². The van der Waals surface area contributed by atoms with E-state index in [0.29, 0.717) is 37.1 Å². The number of fused-ring (bicyclic) bond motifs is 1. The van der Waals surface area contributed by atoms with Gasteiger partial charge in [-0.2, -0.15) is 0 Å². The molecule has 0 aliphatic carbocycles. The normalized spacial score (nSPS) is 10.9. The third-order valence-corrected chi connectivity index (χ3v) is 4.69. The SMILES string of the molecule is C=CCN(C(=O)CCCn1cnc2c1c(=O)n(C)c(=O)n2C)c1ccccc1. The van der Waals surface area contributed by atoms with Crippen molar-refractivity contribution in [2.24, 2.45) is 14.1 Å². The summed E-state index contributed by atoms with van der Waals surface area (Å²) in [5.41, 5.74) is 0.727. The molecular formula is C20H23N5O3. The number of rotatable bonds is 7. The van der Waals surface area contributed by atoms with Crippen LogP contribution in [0.4, 0.5) is 5.69 Å². The van der Waals surface area contributed by atoms with Crippen molar-refractivity contribution in [3.05, 3.63) is 70.2 Å². The van der Waals surface area contributed by atoms with Gasteiger partial charge >= 0.3 is 5.69 Å². The number of carbonyl (C=O) groups is 1. The van der Waals surface area contributed by atoms with Gasteiger partial charge in [0.1, 0.15) is 0 Å². The molecule has 0 saturated heterocycles. The Morgan fingerprint density at radius 1 is 1.18 bits per heavy atom. The number of nitrogens with zero attached hydrogens (tertiary/aromatic N) is 5. The first-order valence-electron chi connectivity index (χ1n) is 9.03. The second-order valence-electron chi connectivity index (χ2n) is 6.55. The molecule has 0 aliphatic rings. The summed E-state index contributed by atoms with van der Waals surface area (Å²) < 4.78 is 4.11. The van der Waals surface area contributed by atoms with Crippen LogP contribution >= 0.6 is 0 Å². The van der Waals surface area contributed by atoms with E-state index < -0.39 is 5.69 Å². The Bertz CT molecular complexity index is 1120. The van der Waals surface area contributed by atoms with Crippen LogP contribution in [0.3, 0.4) is 0 Å². The van der Waals surface area contributed by atoms with Crippen LogP contribution in [-0.4, -0.2) is 31.1 Å². The van der Waals surface area contributed by atoms with Crippen molar-refractivity contribution in [2.75, 3.05) is 11.4 Å². The van der Waals surface area contributed by atoms with E-state index in [1.165, 1.54) is 17.9 Å². The predicted molar refractivity (Wildman–Crippen MR) is 108 cm³/mol. The maximum atomic E-state index is 12.7. The highest BCUT2D eigenvalue weighted by Crippen LogP contribution is 2.15. The third-order valence-electron chi connectivity index (χ3n) is 4.69. The van der Waals surface area contributed by atoms with Gasteiger partial charge in [-0.3, -0.25) is 18.7 Å². The zero-order chi connectivity index (χ0) is 20.3. The first-order chi connectivity index (χ1) is 13.5. The maximum Gasteiger partial charge on any atom is 0.332 e.